The maximum Gasteiger partial charge on any atom is 0.0297 e. The van der Waals surface area contributed by atoms with Gasteiger partial charge in [0, 0.05) is 6.04 Å². The van der Waals surface area contributed by atoms with Gasteiger partial charge in [-0.05, 0) is 49.6 Å². The van der Waals surface area contributed by atoms with Gasteiger partial charge in [-0.25, -0.2) is 0 Å². The van der Waals surface area contributed by atoms with E-state index in [1.807, 2.05) is 0 Å². The zero-order valence-electron chi connectivity index (χ0n) is 12.3. The van der Waals surface area contributed by atoms with Gasteiger partial charge in [0.05, 0.1) is 0 Å². The molecule has 19 heavy (non-hydrogen) atoms. The number of hydrogen-bond acceptors (Lipinski definition) is 1. The summed E-state index contributed by atoms with van der Waals surface area (Å²) in [6.45, 7) is 9.70. The minimum atomic E-state index is 0.377. The molecule has 0 radical (unpaired) electrons. The average Bonchev–Trinajstić information content (AvgIpc) is 2.39. The normalized spacial score (nSPS) is 12.4. The Hall–Kier alpha value is -1.60. The lowest BCUT2D eigenvalue weighted by atomic mass is 9.92. The molecule has 100 valence electrons. The van der Waals surface area contributed by atoms with Crippen LogP contribution in [0, 0.1) is 13.8 Å². The molecular weight excluding hydrogens is 230 g/mol. The summed E-state index contributed by atoms with van der Waals surface area (Å²) in [5.74, 6) is 0. The summed E-state index contributed by atoms with van der Waals surface area (Å²) >= 11 is 0. The van der Waals surface area contributed by atoms with Crippen molar-refractivity contribution >= 4 is 0 Å². The standard InChI is InChI=1S/C18H23N/c1-5-19-15(4)17-8-6-7-9-18(17)16-11-10-13(2)12-14(16)3/h6-12,15,19H,5H2,1-4H3. The summed E-state index contributed by atoms with van der Waals surface area (Å²) in [4.78, 5) is 0. The van der Waals surface area contributed by atoms with Crippen molar-refractivity contribution in [3.05, 3.63) is 59.2 Å². The van der Waals surface area contributed by atoms with E-state index in [1.54, 1.807) is 0 Å². The van der Waals surface area contributed by atoms with Gasteiger partial charge in [-0.2, -0.15) is 0 Å². The molecule has 1 nitrogen and oxygen atoms in total. The summed E-state index contributed by atoms with van der Waals surface area (Å²) in [6.07, 6.45) is 0. The van der Waals surface area contributed by atoms with E-state index in [0.717, 1.165) is 6.54 Å². The molecule has 0 bridgehead atoms. The van der Waals surface area contributed by atoms with Crippen molar-refractivity contribution in [3.8, 4) is 11.1 Å². The van der Waals surface area contributed by atoms with Gasteiger partial charge in [-0.3, -0.25) is 0 Å². The van der Waals surface area contributed by atoms with E-state index in [9.17, 15) is 0 Å². The first-order chi connectivity index (χ1) is 9.13. The Labute approximate surface area is 116 Å². The van der Waals surface area contributed by atoms with E-state index in [0.29, 0.717) is 6.04 Å². The van der Waals surface area contributed by atoms with Crippen molar-refractivity contribution in [2.45, 2.75) is 33.7 Å². The second-order valence-electron chi connectivity index (χ2n) is 5.18. The van der Waals surface area contributed by atoms with E-state index >= 15 is 0 Å². The number of rotatable bonds is 4. The maximum absolute atomic E-state index is 3.50. The highest BCUT2D eigenvalue weighted by Crippen LogP contribution is 2.30. The third-order valence-corrected chi connectivity index (χ3v) is 3.61. The topological polar surface area (TPSA) is 12.0 Å². The Morgan fingerprint density at radius 1 is 1.00 bits per heavy atom. The van der Waals surface area contributed by atoms with Crippen LogP contribution < -0.4 is 5.32 Å². The summed E-state index contributed by atoms with van der Waals surface area (Å²) in [6, 6.07) is 15.8. The highest BCUT2D eigenvalue weighted by molar-refractivity contribution is 5.71. The van der Waals surface area contributed by atoms with E-state index in [-0.39, 0.29) is 0 Å². The van der Waals surface area contributed by atoms with Gasteiger partial charge in [-0.15, -0.1) is 0 Å². The molecule has 0 saturated carbocycles. The molecule has 1 unspecified atom stereocenters. The average molecular weight is 253 g/mol. The third kappa shape index (κ3) is 3.05. The quantitative estimate of drug-likeness (QED) is 0.837. The van der Waals surface area contributed by atoms with Gasteiger partial charge < -0.3 is 5.32 Å². The molecule has 0 fully saturated rings. The van der Waals surface area contributed by atoms with Crippen LogP contribution in [0.4, 0.5) is 0 Å². The van der Waals surface area contributed by atoms with Crippen LogP contribution >= 0.6 is 0 Å². The van der Waals surface area contributed by atoms with Crippen LogP contribution in [0.3, 0.4) is 0 Å². The van der Waals surface area contributed by atoms with Gasteiger partial charge in [0.1, 0.15) is 0 Å². The largest absolute Gasteiger partial charge is 0.310 e. The molecule has 0 aromatic heterocycles. The fourth-order valence-corrected chi connectivity index (χ4v) is 2.65. The Morgan fingerprint density at radius 2 is 1.74 bits per heavy atom. The minimum Gasteiger partial charge on any atom is -0.310 e. The predicted molar refractivity (Wildman–Crippen MR) is 83.4 cm³/mol. The molecule has 0 aliphatic rings. The smallest absolute Gasteiger partial charge is 0.0297 e. The second-order valence-corrected chi connectivity index (χ2v) is 5.18. The Balaban J connectivity index is 2.50. The number of nitrogens with one attached hydrogen (secondary N) is 1. The molecule has 0 spiro atoms. The molecule has 2 rings (SSSR count). The number of benzene rings is 2. The van der Waals surface area contributed by atoms with Crippen molar-refractivity contribution in [3.63, 3.8) is 0 Å². The van der Waals surface area contributed by atoms with Gasteiger partial charge >= 0.3 is 0 Å². The maximum atomic E-state index is 3.50. The Bertz CT molecular complexity index is 557. The molecule has 0 saturated heterocycles. The highest BCUT2D eigenvalue weighted by Gasteiger charge is 2.11. The van der Waals surface area contributed by atoms with E-state index in [1.165, 1.54) is 27.8 Å². The molecule has 0 heterocycles. The summed E-state index contributed by atoms with van der Waals surface area (Å²) in [7, 11) is 0. The van der Waals surface area contributed by atoms with Crippen LogP contribution in [-0.4, -0.2) is 6.54 Å². The van der Waals surface area contributed by atoms with E-state index < -0.39 is 0 Å². The van der Waals surface area contributed by atoms with Crippen LogP contribution in [0.15, 0.2) is 42.5 Å². The Morgan fingerprint density at radius 3 is 2.42 bits per heavy atom. The van der Waals surface area contributed by atoms with Crippen LogP contribution in [0.5, 0.6) is 0 Å². The fourth-order valence-electron chi connectivity index (χ4n) is 2.65. The SMILES string of the molecule is CCNC(C)c1ccccc1-c1ccc(C)cc1C. The molecule has 2 aromatic carbocycles. The van der Waals surface area contributed by atoms with Crippen molar-refractivity contribution in [1.29, 1.82) is 0 Å². The summed E-state index contributed by atoms with van der Waals surface area (Å²) in [5, 5.41) is 3.50. The number of aryl methyl sites for hydroxylation is 2. The van der Waals surface area contributed by atoms with Crippen LogP contribution in [0.2, 0.25) is 0 Å². The van der Waals surface area contributed by atoms with Crippen LogP contribution in [0.1, 0.15) is 36.6 Å². The van der Waals surface area contributed by atoms with Crippen molar-refractivity contribution in [2.24, 2.45) is 0 Å². The first-order valence-corrected chi connectivity index (χ1v) is 7.03. The van der Waals surface area contributed by atoms with Crippen molar-refractivity contribution < 1.29 is 0 Å². The third-order valence-electron chi connectivity index (χ3n) is 3.61. The monoisotopic (exact) mass is 253 g/mol. The molecule has 0 aliphatic carbocycles. The predicted octanol–water partition coefficient (Wildman–Crippen LogP) is 4.64. The lowest BCUT2D eigenvalue weighted by molar-refractivity contribution is 0.599. The molecule has 1 N–H and O–H groups in total. The minimum absolute atomic E-state index is 0.377. The van der Waals surface area contributed by atoms with E-state index in [4.69, 9.17) is 0 Å². The summed E-state index contributed by atoms with van der Waals surface area (Å²) in [5.41, 5.74) is 6.71. The van der Waals surface area contributed by atoms with E-state index in [2.05, 4.69) is 75.5 Å². The van der Waals surface area contributed by atoms with Crippen molar-refractivity contribution in [2.75, 3.05) is 6.54 Å². The second kappa shape index (κ2) is 6.03. The Kier molecular flexibility index (Phi) is 4.39. The molecule has 1 atom stereocenters. The lowest BCUT2D eigenvalue weighted by Gasteiger charge is -2.18. The van der Waals surface area contributed by atoms with Crippen molar-refractivity contribution in [1.82, 2.24) is 5.32 Å². The fraction of sp³-hybridized carbons (Fsp3) is 0.333. The molecule has 1 heteroatoms. The molecule has 2 aromatic rings. The molecular formula is C18H23N. The summed E-state index contributed by atoms with van der Waals surface area (Å²) < 4.78 is 0. The first-order valence-electron chi connectivity index (χ1n) is 7.03. The molecule has 0 aliphatic heterocycles. The molecule has 0 amide bonds. The highest BCUT2D eigenvalue weighted by atomic mass is 14.9. The first kappa shape index (κ1) is 13.8. The van der Waals surface area contributed by atoms with Crippen LogP contribution in [-0.2, 0) is 0 Å². The van der Waals surface area contributed by atoms with Gasteiger partial charge in [-0.1, -0.05) is 55.0 Å². The van der Waals surface area contributed by atoms with Crippen LogP contribution in [0.25, 0.3) is 11.1 Å². The number of hydrogen-bond donors (Lipinski definition) is 1. The lowest BCUT2D eigenvalue weighted by Crippen LogP contribution is -2.18. The zero-order valence-corrected chi connectivity index (χ0v) is 12.3. The van der Waals surface area contributed by atoms with Gasteiger partial charge in [0.25, 0.3) is 0 Å². The van der Waals surface area contributed by atoms with Gasteiger partial charge in [0.15, 0.2) is 0 Å². The zero-order chi connectivity index (χ0) is 13.8. The van der Waals surface area contributed by atoms with Gasteiger partial charge in [0.2, 0.25) is 0 Å².